The summed E-state index contributed by atoms with van der Waals surface area (Å²) in [6, 6.07) is 8.38. The van der Waals surface area contributed by atoms with Crippen LogP contribution in [-0.2, 0) is 24.0 Å². The Hall–Kier alpha value is -4.22. The predicted octanol–water partition coefficient (Wildman–Crippen LogP) is 6.87. The van der Waals surface area contributed by atoms with Crippen LogP contribution < -0.4 is 11.1 Å². The second-order valence-corrected chi connectivity index (χ2v) is 13.8. The molecule has 0 spiro atoms. The summed E-state index contributed by atoms with van der Waals surface area (Å²) in [5.41, 5.74) is 12.0. The molecule has 1 atom stereocenters. The molecule has 1 aliphatic carbocycles. The molecule has 1 amide bonds. The summed E-state index contributed by atoms with van der Waals surface area (Å²) in [6.07, 6.45) is 9.91. The molecule has 5 aromatic rings. The summed E-state index contributed by atoms with van der Waals surface area (Å²) in [7, 11) is 0. The van der Waals surface area contributed by atoms with Gasteiger partial charge in [0.1, 0.15) is 5.82 Å². The zero-order valence-electron chi connectivity index (χ0n) is 26.5. The second kappa shape index (κ2) is 12.9. The zero-order valence-corrected chi connectivity index (χ0v) is 27.3. The van der Waals surface area contributed by atoms with Crippen LogP contribution in [0.15, 0.2) is 41.1 Å². The quantitative estimate of drug-likeness (QED) is 0.168. The Morgan fingerprint density at radius 2 is 1.93 bits per heavy atom. The van der Waals surface area contributed by atoms with E-state index in [1.165, 1.54) is 5.56 Å². The van der Waals surface area contributed by atoms with Crippen molar-refractivity contribution < 1.29 is 13.9 Å². The summed E-state index contributed by atoms with van der Waals surface area (Å²) in [5, 5.41) is 13.3. The third-order valence-corrected chi connectivity index (χ3v) is 10.2. The number of nitrogens with one attached hydrogen (secondary N) is 1. The van der Waals surface area contributed by atoms with E-state index in [0.29, 0.717) is 52.9 Å². The number of rotatable bonds is 10. The third-order valence-electron chi connectivity index (χ3n) is 9.03. The van der Waals surface area contributed by atoms with Gasteiger partial charge >= 0.3 is 0 Å². The van der Waals surface area contributed by atoms with E-state index in [1.54, 1.807) is 18.3 Å². The monoisotopic (exact) mass is 637 g/mol. The lowest BCUT2D eigenvalue weighted by Crippen LogP contribution is -2.20. The largest absolute Gasteiger partial charge is 0.421 e. The van der Waals surface area contributed by atoms with E-state index in [1.807, 2.05) is 24.5 Å². The maximum Gasteiger partial charge on any atom is 0.251 e. The van der Waals surface area contributed by atoms with Gasteiger partial charge in [-0.05, 0) is 85.9 Å². The Labute approximate surface area is 272 Å². The molecule has 0 aromatic carbocycles. The summed E-state index contributed by atoms with van der Waals surface area (Å²) < 4.78 is 12.7. The number of aromatic nitrogens is 5. The standard InChI is InChI=1S/C35H39N7O3S/c1-19(2)17-27-29(33(36)43)31(30(35-42-41-20(3)45-35)26(39-27)7-6-21-11-15-44-16-12-21)28-18-22-10-14-38-34(32(22)46-28)40-25-9-8-24-23(25)5-4-13-37-24/h4-5,10,13-14,18-19,21,25H,6-9,11-12,15-17H2,1-3H3,(H2,36,43)(H,38,40)/t25-/m0/s1. The Kier molecular flexibility index (Phi) is 8.52. The number of thiophene rings is 1. The molecule has 1 saturated heterocycles. The first-order valence-electron chi connectivity index (χ1n) is 16.2. The summed E-state index contributed by atoms with van der Waals surface area (Å²) in [5.74, 6) is 1.90. The summed E-state index contributed by atoms with van der Waals surface area (Å²) in [6.45, 7) is 7.60. The van der Waals surface area contributed by atoms with Crippen LogP contribution in [0.2, 0.25) is 0 Å². The van der Waals surface area contributed by atoms with Crippen molar-refractivity contribution >= 4 is 33.1 Å². The number of pyridine rings is 3. The molecular weight excluding hydrogens is 598 g/mol. The number of nitrogens with zero attached hydrogens (tertiary/aromatic N) is 5. The van der Waals surface area contributed by atoms with Gasteiger partial charge in [0.15, 0.2) is 0 Å². The van der Waals surface area contributed by atoms with Gasteiger partial charge in [0.25, 0.3) is 5.91 Å². The van der Waals surface area contributed by atoms with Gasteiger partial charge < -0.3 is 20.2 Å². The van der Waals surface area contributed by atoms with Crippen LogP contribution in [0.3, 0.4) is 0 Å². The molecule has 0 saturated carbocycles. The van der Waals surface area contributed by atoms with Gasteiger partial charge in [-0.25, -0.2) is 4.98 Å². The van der Waals surface area contributed by atoms with Crippen molar-refractivity contribution in [1.82, 2.24) is 25.1 Å². The van der Waals surface area contributed by atoms with Gasteiger partial charge in [0, 0.05) is 48.7 Å². The molecule has 1 fully saturated rings. The highest BCUT2D eigenvalue weighted by molar-refractivity contribution is 7.23. The van der Waals surface area contributed by atoms with Gasteiger partial charge in [-0.15, -0.1) is 21.5 Å². The lowest BCUT2D eigenvalue weighted by atomic mass is 9.89. The Morgan fingerprint density at radius 1 is 1.09 bits per heavy atom. The molecule has 7 rings (SSSR count). The molecule has 0 radical (unpaired) electrons. The van der Waals surface area contributed by atoms with Crippen molar-refractivity contribution in [2.75, 3.05) is 18.5 Å². The molecule has 238 valence electrons. The number of carbonyl (C=O) groups is 1. The zero-order chi connectivity index (χ0) is 31.8. The second-order valence-electron chi connectivity index (χ2n) is 12.8. The maximum atomic E-state index is 13.4. The molecule has 0 bridgehead atoms. The van der Waals surface area contributed by atoms with Crippen molar-refractivity contribution in [2.24, 2.45) is 17.6 Å². The van der Waals surface area contributed by atoms with Gasteiger partial charge in [0.05, 0.1) is 33.3 Å². The molecule has 46 heavy (non-hydrogen) atoms. The lowest BCUT2D eigenvalue weighted by molar-refractivity contribution is 0.0639. The first kappa shape index (κ1) is 30.4. The van der Waals surface area contributed by atoms with Crippen LogP contribution in [0.5, 0.6) is 0 Å². The smallest absolute Gasteiger partial charge is 0.251 e. The van der Waals surface area contributed by atoms with Gasteiger partial charge in [-0.1, -0.05) is 19.9 Å². The number of hydrogen-bond donors (Lipinski definition) is 2. The normalized spacial score (nSPS) is 16.7. The van der Waals surface area contributed by atoms with Crippen molar-refractivity contribution in [3.8, 4) is 21.9 Å². The maximum absolute atomic E-state index is 13.4. The number of hydrogen-bond acceptors (Lipinski definition) is 10. The first-order chi connectivity index (χ1) is 22.4. The molecule has 0 unspecified atom stereocenters. The van der Waals surface area contributed by atoms with Crippen molar-refractivity contribution in [2.45, 2.75) is 71.8 Å². The fourth-order valence-corrected chi connectivity index (χ4v) is 8.00. The van der Waals surface area contributed by atoms with Gasteiger partial charge in [-0.3, -0.25) is 14.8 Å². The van der Waals surface area contributed by atoms with E-state index >= 15 is 0 Å². The molecular formula is C35H39N7O3S. The van der Waals surface area contributed by atoms with E-state index in [-0.39, 0.29) is 12.0 Å². The van der Waals surface area contributed by atoms with Crippen LogP contribution in [-0.4, -0.2) is 44.3 Å². The van der Waals surface area contributed by atoms with Gasteiger partial charge in [0.2, 0.25) is 11.8 Å². The summed E-state index contributed by atoms with van der Waals surface area (Å²) >= 11 is 1.59. The molecule has 6 heterocycles. The van der Waals surface area contributed by atoms with Gasteiger partial charge in [-0.2, -0.15) is 0 Å². The summed E-state index contributed by atoms with van der Waals surface area (Å²) in [4.78, 5) is 28.8. The van der Waals surface area contributed by atoms with Crippen LogP contribution in [0.1, 0.15) is 84.5 Å². The van der Waals surface area contributed by atoms with E-state index in [9.17, 15) is 4.79 Å². The minimum Gasteiger partial charge on any atom is -0.421 e. The number of carbonyl (C=O) groups excluding carboxylic acids is 1. The number of ether oxygens (including phenoxy) is 1. The third kappa shape index (κ3) is 6.01. The number of nitrogens with two attached hydrogens (primary N) is 1. The first-order valence-corrected chi connectivity index (χ1v) is 17.0. The van der Waals surface area contributed by atoms with Crippen molar-refractivity contribution in [3.05, 3.63) is 70.8 Å². The number of anilines is 1. The topological polar surface area (TPSA) is 142 Å². The molecule has 1 aliphatic heterocycles. The van der Waals surface area contributed by atoms with Crippen LogP contribution >= 0.6 is 11.3 Å². The molecule has 3 N–H and O–H groups in total. The molecule has 5 aromatic heterocycles. The lowest BCUT2D eigenvalue weighted by Gasteiger charge is -2.23. The Morgan fingerprint density at radius 3 is 2.70 bits per heavy atom. The predicted molar refractivity (Wildman–Crippen MR) is 179 cm³/mol. The van der Waals surface area contributed by atoms with E-state index < -0.39 is 5.91 Å². The van der Waals surface area contributed by atoms with E-state index in [4.69, 9.17) is 24.9 Å². The van der Waals surface area contributed by atoms with Crippen molar-refractivity contribution in [1.29, 1.82) is 0 Å². The van der Waals surface area contributed by atoms with E-state index in [2.05, 4.69) is 46.5 Å². The highest BCUT2D eigenvalue weighted by atomic mass is 32.1. The Bertz CT molecular complexity index is 1890. The van der Waals surface area contributed by atoms with E-state index in [0.717, 1.165) is 77.5 Å². The number of amides is 1. The minimum atomic E-state index is -0.518. The number of aryl methyl sites for hydroxylation is 3. The number of primary amides is 1. The molecule has 10 nitrogen and oxygen atoms in total. The van der Waals surface area contributed by atoms with Crippen molar-refractivity contribution in [3.63, 3.8) is 0 Å². The molecule has 11 heteroatoms. The SMILES string of the molecule is Cc1nnc(-c2c(CCC3CCOCC3)nc(CC(C)C)c(C(N)=O)c2-c2cc3ccnc(N[C@H]4CCc5ncccc54)c3s2)o1. The average molecular weight is 638 g/mol. The number of fused-ring (bicyclic) bond motifs is 2. The Balaban J connectivity index is 1.39. The highest BCUT2D eigenvalue weighted by Crippen LogP contribution is 2.45. The fraction of sp³-hybridized carbons (Fsp3) is 0.429. The molecule has 2 aliphatic rings. The fourth-order valence-electron chi connectivity index (χ4n) is 6.84. The average Bonchev–Trinajstić information content (AvgIpc) is 3.78. The van der Waals surface area contributed by atoms with Crippen LogP contribution in [0.25, 0.3) is 32.0 Å². The van der Waals surface area contributed by atoms with Crippen LogP contribution in [0.4, 0.5) is 5.82 Å². The minimum absolute atomic E-state index is 0.126. The highest BCUT2D eigenvalue weighted by Gasteiger charge is 2.30. The van der Waals surface area contributed by atoms with Crippen LogP contribution in [0, 0.1) is 18.8 Å².